The largest absolute Gasteiger partial charge is 0.348 e. The van der Waals surface area contributed by atoms with E-state index in [2.05, 4.69) is 59.9 Å². The van der Waals surface area contributed by atoms with E-state index in [0.717, 1.165) is 35.0 Å². The molecule has 1 atom stereocenters. The summed E-state index contributed by atoms with van der Waals surface area (Å²) >= 11 is 3.45. The molecule has 1 unspecified atom stereocenters. The molecule has 0 saturated heterocycles. The van der Waals surface area contributed by atoms with Crippen LogP contribution < -0.4 is 4.90 Å². The van der Waals surface area contributed by atoms with Crippen LogP contribution in [-0.2, 0) is 0 Å². The number of hydrogen-bond donors (Lipinski definition) is 0. The lowest BCUT2D eigenvalue weighted by Gasteiger charge is -2.32. The maximum atomic E-state index is 11.3. The molecule has 2 aromatic rings. The molecule has 1 aliphatic heterocycles. The molecule has 5 heteroatoms. The Morgan fingerprint density at radius 3 is 2.37 bits per heavy atom. The van der Waals surface area contributed by atoms with E-state index in [1.807, 2.05) is 24.3 Å². The lowest BCUT2D eigenvalue weighted by molar-refractivity contribution is -0.482. The molecule has 27 heavy (non-hydrogen) atoms. The summed E-state index contributed by atoms with van der Waals surface area (Å²) < 4.78 is 0.983. The zero-order chi connectivity index (χ0) is 19.6. The molecular formula is C22H25BrN2O2. The topological polar surface area (TPSA) is 46.4 Å². The first-order valence-corrected chi connectivity index (χ1v) is 10.1. The molecule has 1 aliphatic rings. The third-order valence-electron chi connectivity index (χ3n) is 5.16. The number of benzene rings is 2. The van der Waals surface area contributed by atoms with Crippen LogP contribution in [0.4, 0.5) is 5.69 Å². The van der Waals surface area contributed by atoms with Gasteiger partial charge >= 0.3 is 0 Å². The highest BCUT2D eigenvalue weighted by atomic mass is 79.9. The summed E-state index contributed by atoms with van der Waals surface area (Å²) in [5, 5.41) is 11.3. The average molecular weight is 429 g/mol. The summed E-state index contributed by atoms with van der Waals surface area (Å²) in [6, 6.07) is 12.3. The highest BCUT2D eigenvalue weighted by Gasteiger charge is 2.26. The van der Waals surface area contributed by atoms with Gasteiger partial charge in [-0.05, 0) is 68.0 Å². The fourth-order valence-corrected chi connectivity index (χ4v) is 4.39. The Bertz CT molecular complexity index is 851. The molecule has 142 valence electrons. The Morgan fingerprint density at radius 1 is 1.15 bits per heavy atom. The smallest absolute Gasteiger partial charge is 0.214 e. The second-order valence-electron chi connectivity index (χ2n) is 7.37. The minimum absolute atomic E-state index is 0.0762. The van der Waals surface area contributed by atoms with Crippen LogP contribution in [0.1, 0.15) is 41.0 Å². The van der Waals surface area contributed by atoms with Crippen LogP contribution in [-0.4, -0.2) is 18.0 Å². The maximum Gasteiger partial charge on any atom is 0.214 e. The van der Waals surface area contributed by atoms with Crippen LogP contribution >= 0.6 is 15.9 Å². The van der Waals surface area contributed by atoms with Crippen LogP contribution in [0.5, 0.6) is 0 Å². The average Bonchev–Trinajstić information content (AvgIpc) is 2.60. The summed E-state index contributed by atoms with van der Waals surface area (Å²) in [6.07, 6.45) is 4.06. The second-order valence-corrected chi connectivity index (χ2v) is 8.28. The van der Waals surface area contributed by atoms with Crippen molar-refractivity contribution in [1.29, 1.82) is 0 Å². The van der Waals surface area contributed by atoms with Gasteiger partial charge < -0.3 is 4.90 Å². The number of nitrogens with zero attached hydrogens (tertiary/aromatic N) is 2. The second kappa shape index (κ2) is 8.26. The maximum absolute atomic E-state index is 11.3. The molecule has 0 N–H and O–H groups in total. The summed E-state index contributed by atoms with van der Waals surface area (Å²) in [5.74, 6) is -0.193. The van der Waals surface area contributed by atoms with Gasteiger partial charge in [-0.3, -0.25) is 10.1 Å². The van der Waals surface area contributed by atoms with E-state index in [0.29, 0.717) is 0 Å². The molecule has 0 aliphatic carbocycles. The summed E-state index contributed by atoms with van der Waals surface area (Å²) in [7, 11) is 0. The summed E-state index contributed by atoms with van der Waals surface area (Å²) in [4.78, 5) is 13.4. The van der Waals surface area contributed by atoms with E-state index >= 15 is 0 Å². The van der Waals surface area contributed by atoms with Crippen molar-refractivity contribution in [2.45, 2.75) is 39.5 Å². The third kappa shape index (κ3) is 4.59. The van der Waals surface area contributed by atoms with Crippen molar-refractivity contribution >= 4 is 21.6 Å². The van der Waals surface area contributed by atoms with Crippen molar-refractivity contribution in [3.05, 3.63) is 85.0 Å². The number of nitro groups is 1. The van der Waals surface area contributed by atoms with Crippen molar-refractivity contribution in [1.82, 2.24) is 0 Å². The van der Waals surface area contributed by atoms with E-state index < -0.39 is 0 Å². The Kier molecular flexibility index (Phi) is 6.00. The Labute approximate surface area is 169 Å². The third-order valence-corrected chi connectivity index (χ3v) is 5.69. The lowest BCUT2D eigenvalue weighted by Crippen LogP contribution is -2.27. The van der Waals surface area contributed by atoms with Gasteiger partial charge in [-0.25, -0.2) is 0 Å². The predicted molar refractivity (Wildman–Crippen MR) is 114 cm³/mol. The fraction of sp³-hybridized carbons (Fsp3) is 0.364. The van der Waals surface area contributed by atoms with Gasteiger partial charge in [0.15, 0.2) is 0 Å². The van der Waals surface area contributed by atoms with Gasteiger partial charge in [0.25, 0.3) is 0 Å². The van der Waals surface area contributed by atoms with E-state index in [4.69, 9.17) is 0 Å². The van der Waals surface area contributed by atoms with E-state index in [9.17, 15) is 10.1 Å². The highest BCUT2D eigenvalue weighted by Crippen LogP contribution is 2.35. The fourth-order valence-electron chi connectivity index (χ4n) is 4.13. The molecule has 0 fully saturated rings. The van der Waals surface area contributed by atoms with Crippen molar-refractivity contribution in [3.8, 4) is 0 Å². The predicted octanol–water partition coefficient (Wildman–Crippen LogP) is 5.92. The SMILES string of the molecule is Cc1cc(C)c(N2C=C(C(C[N+](=O)[O-])c3ccc(Br)cc3)CCC2)c(C)c1. The van der Waals surface area contributed by atoms with Crippen LogP contribution in [0.15, 0.2) is 52.6 Å². The normalized spacial score (nSPS) is 15.4. The molecule has 0 spiro atoms. The van der Waals surface area contributed by atoms with E-state index in [-0.39, 0.29) is 17.4 Å². The first-order chi connectivity index (χ1) is 12.8. The molecule has 0 bridgehead atoms. The van der Waals surface area contributed by atoms with Crippen LogP contribution in [0, 0.1) is 30.9 Å². The Morgan fingerprint density at radius 2 is 1.78 bits per heavy atom. The van der Waals surface area contributed by atoms with Crippen LogP contribution in [0.25, 0.3) is 0 Å². The van der Waals surface area contributed by atoms with E-state index in [1.165, 1.54) is 22.4 Å². The van der Waals surface area contributed by atoms with Gasteiger partial charge in [0.05, 0.1) is 5.92 Å². The summed E-state index contributed by atoms with van der Waals surface area (Å²) in [5.41, 5.74) is 7.13. The van der Waals surface area contributed by atoms with E-state index in [1.54, 1.807) is 0 Å². The molecule has 2 aromatic carbocycles. The summed E-state index contributed by atoms with van der Waals surface area (Å²) in [6.45, 7) is 7.26. The molecule has 0 amide bonds. The zero-order valence-electron chi connectivity index (χ0n) is 16.0. The standard InChI is InChI=1S/C22H25BrN2O2/c1-15-11-16(2)22(17(3)12-15)24-10-4-5-19(13-24)21(14-25(26)27)18-6-8-20(23)9-7-18/h6-9,11-13,21H,4-5,10,14H2,1-3H3. The monoisotopic (exact) mass is 428 g/mol. The zero-order valence-corrected chi connectivity index (χ0v) is 17.6. The van der Waals surface area contributed by atoms with Crippen LogP contribution in [0.2, 0.25) is 0 Å². The number of anilines is 1. The minimum Gasteiger partial charge on any atom is -0.348 e. The first kappa shape index (κ1) is 19.6. The number of halogens is 1. The Hall–Kier alpha value is -2.14. The number of aryl methyl sites for hydroxylation is 3. The molecule has 1 heterocycles. The quantitative estimate of drug-likeness (QED) is 0.438. The van der Waals surface area contributed by atoms with Gasteiger partial charge in [-0.15, -0.1) is 0 Å². The molecule has 3 rings (SSSR count). The van der Waals surface area contributed by atoms with Crippen molar-refractivity contribution < 1.29 is 4.92 Å². The van der Waals surface area contributed by atoms with Gasteiger partial charge in [0, 0.05) is 27.8 Å². The van der Waals surface area contributed by atoms with Crippen molar-refractivity contribution in [2.24, 2.45) is 0 Å². The van der Waals surface area contributed by atoms with Gasteiger partial charge in [0.1, 0.15) is 0 Å². The Balaban J connectivity index is 2.00. The minimum atomic E-state index is -0.200. The molecule has 0 saturated carbocycles. The van der Waals surface area contributed by atoms with Crippen molar-refractivity contribution in [2.75, 3.05) is 18.0 Å². The van der Waals surface area contributed by atoms with Gasteiger partial charge in [-0.2, -0.15) is 0 Å². The molecule has 0 aromatic heterocycles. The van der Waals surface area contributed by atoms with Gasteiger partial charge in [0.2, 0.25) is 6.54 Å². The van der Waals surface area contributed by atoms with Gasteiger partial charge in [-0.1, -0.05) is 45.8 Å². The first-order valence-electron chi connectivity index (χ1n) is 9.27. The number of rotatable bonds is 5. The van der Waals surface area contributed by atoms with Crippen molar-refractivity contribution in [3.63, 3.8) is 0 Å². The highest BCUT2D eigenvalue weighted by molar-refractivity contribution is 9.10. The number of hydrogen-bond acceptors (Lipinski definition) is 3. The molecule has 0 radical (unpaired) electrons. The molecule has 4 nitrogen and oxygen atoms in total. The van der Waals surface area contributed by atoms with Crippen LogP contribution in [0.3, 0.4) is 0 Å². The molecular weight excluding hydrogens is 404 g/mol. The lowest BCUT2D eigenvalue weighted by atomic mass is 9.87.